The predicted octanol–water partition coefficient (Wildman–Crippen LogP) is 2.38. The zero-order chi connectivity index (χ0) is 21.9. The van der Waals surface area contributed by atoms with E-state index in [0.29, 0.717) is 42.7 Å². The minimum Gasteiger partial charge on any atom is -0.379 e. The Morgan fingerprint density at radius 3 is 2.60 bits per heavy atom. The number of hydrogen-bond acceptors (Lipinski definition) is 7. The third kappa shape index (κ3) is 5.20. The van der Waals surface area contributed by atoms with Gasteiger partial charge in [-0.05, 0) is 31.5 Å². The molecule has 1 aromatic carbocycles. The fraction of sp³-hybridized carbons (Fsp3) is 0.526. The number of thioether (sulfide) groups is 1. The van der Waals surface area contributed by atoms with Gasteiger partial charge in [0.15, 0.2) is 0 Å². The molecule has 164 valence electrons. The monoisotopic (exact) mass is 453 g/mol. The molecule has 1 saturated heterocycles. The van der Waals surface area contributed by atoms with E-state index in [9.17, 15) is 13.2 Å². The third-order valence-corrected chi connectivity index (χ3v) is 7.73. The summed E-state index contributed by atoms with van der Waals surface area (Å²) in [6.07, 6.45) is 0. The van der Waals surface area contributed by atoms with Crippen molar-refractivity contribution in [1.29, 1.82) is 0 Å². The maximum Gasteiger partial charge on any atom is 0.243 e. The predicted molar refractivity (Wildman–Crippen MR) is 115 cm³/mol. The summed E-state index contributed by atoms with van der Waals surface area (Å²) >= 11 is 1.24. The van der Waals surface area contributed by atoms with Crippen LogP contribution in [0.4, 0.5) is 5.69 Å². The first kappa shape index (κ1) is 22.7. The van der Waals surface area contributed by atoms with E-state index in [0.717, 1.165) is 5.82 Å². The van der Waals surface area contributed by atoms with Gasteiger partial charge >= 0.3 is 0 Å². The topological polar surface area (TPSA) is 117 Å². The lowest BCUT2D eigenvalue weighted by Crippen LogP contribution is -2.40. The Labute approximate surface area is 181 Å². The highest BCUT2D eigenvalue weighted by molar-refractivity contribution is 8.00. The number of carbonyl (C=O) groups is 1. The van der Waals surface area contributed by atoms with Crippen molar-refractivity contribution in [2.45, 2.75) is 48.9 Å². The van der Waals surface area contributed by atoms with E-state index in [1.165, 1.54) is 22.1 Å². The van der Waals surface area contributed by atoms with E-state index in [-0.39, 0.29) is 16.7 Å². The number of aromatic nitrogens is 3. The van der Waals surface area contributed by atoms with Crippen molar-refractivity contribution in [2.75, 3.05) is 31.6 Å². The van der Waals surface area contributed by atoms with Gasteiger partial charge in [-0.25, -0.2) is 13.4 Å². The van der Waals surface area contributed by atoms with Crippen molar-refractivity contribution >= 4 is 33.4 Å². The summed E-state index contributed by atoms with van der Waals surface area (Å²) in [6, 6.07) is 4.91. The average molecular weight is 454 g/mol. The van der Waals surface area contributed by atoms with E-state index in [1.807, 2.05) is 13.8 Å². The number of aromatic amines is 1. The van der Waals surface area contributed by atoms with Crippen molar-refractivity contribution in [2.24, 2.45) is 0 Å². The maximum absolute atomic E-state index is 13.0. The molecule has 1 fully saturated rings. The minimum absolute atomic E-state index is 0.193. The first-order valence-corrected chi connectivity index (χ1v) is 12.1. The fourth-order valence-corrected chi connectivity index (χ4v) is 5.30. The molecule has 1 aliphatic heterocycles. The SMILES string of the molecule is Cc1ccc(NC(=O)C(C)Sc2n[nH]c(C(C)C)n2)cc1S(=O)(=O)N1CCOCC1. The molecular weight excluding hydrogens is 426 g/mol. The first-order valence-electron chi connectivity index (χ1n) is 9.77. The molecule has 1 atom stereocenters. The van der Waals surface area contributed by atoms with Gasteiger partial charge in [0.2, 0.25) is 21.1 Å². The van der Waals surface area contributed by atoms with Crippen molar-refractivity contribution in [3.8, 4) is 0 Å². The summed E-state index contributed by atoms with van der Waals surface area (Å²) in [7, 11) is -3.65. The Morgan fingerprint density at radius 2 is 1.97 bits per heavy atom. The first-order chi connectivity index (χ1) is 14.2. The van der Waals surface area contributed by atoms with E-state index in [1.54, 1.807) is 26.0 Å². The molecule has 2 N–H and O–H groups in total. The van der Waals surface area contributed by atoms with Gasteiger partial charge in [0.1, 0.15) is 5.82 Å². The number of rotatable bonds is 7. The largest absolute Gasteiger partial charge is 0.379 e. The molecule has 3 rings (SSSR count). The number of ether oxygens (including phenoxy) is 1. The molecule has 1 aliphatic rings. The van der Waals surface area contributed by atoms with Crippen molar-refractivity contribution < 1.29 is 17.9 Å². The molecule has 30 heavy (non-hydrogen) atoms. The molecule has 1 amide bonds. The number of sulfonamides is 1. The standard InChI is InChI=1S/C19H27N5O4S2/c1-12(2)17-21-19(23-22-17)29-14(4)18(25)20-15-6-5-13(3)16(11-15)30(26,27)24-7-9-28-10-8-24/h5-6,11-12,14H,7-10H2,1-4H3,(H,20,25)(H,21,22,23). The molecular formula is C19H27N5O4S2. The molecule has 2 heterocycles. The molecule has 1 aromatic heterocycles. The molecule has 9 nitrogen and oxygen atoms in total. The third-order valence-electron chi connectivity index (χ3n) is 4.72. The number of morpholine rings is 1. The van der Waals surface area contributed by atoms with Crippen LogP contribution in [0.15, 0.2) is 28.3 Å². The van der Waals surface area contributed by atoms with Crippen LogP contribution in [0, 0.1) is 6.92 Å². The van der Waals surface area contributed by atoms with Gasteiger partial charge in [-0.3, -0.25) is 9.89 Å². The molecule has 1 unspecified atom stereocenters. The van der Waals surface area contributed by atoms with Gasteiger partial charge in [-0.2, -0.15) is 4.31 Å². The number of carbonyl (C=O) groups excluding carboxylic acids is 1. The second kappa shape index (κ2) is 9.46. The van der Waals surface area contributed by atoms with Gasteiger partial charge < -0.3 is 10.1 Å². The Balaban J connectivity index is 1.71. The highest BCUT2D eigenvalue weighted by atomic mass is 32.2. The molecule has 11 heteroatoms. The quantitative estimate of drug-likeness (QED) is 0.618. The smallest absolute Gasteiger partial charge is 0.243 e. The second-order valence-electron chi connectivity index (χ2n) is 7.40. The average Bonchev–Trinajstić information content (AvgIpc) is 3.18. The van der Waals surface area contributed by atoms with Crippen LogP contribution in [-0.4, -0.2) is 65.4 Å². The van der Waals surface area contributed by atoms with Crippen molar-refractivity contribution in [3.63, 3.8) is 0 Å². The fourth-order valence-electron chi connectivity index (χ4n) is 2.91. The van der Waals surface area contributed by atoms with E-state index in [4.69, 9.17) is 4.74 Å². The van der Waals surface area contributed by atoms with Crippen LogP contribution < -0.4 is 5.32 Å². The lowest BCUT2D eigenvalue weighted by atomic mass is 10.2. The zero-order valence-electron chi connectivity index (χ0n) is 17.5. The van der Waals surface area contributed by atoms with Crippen LogP contribution in [0.25, 0.3) is 0 Å². The molecule has 0 spiro atoms. The number of amides is 1. The van der Waals surface area contributed by atoms with Gasteiger partial charge in [-0.15, -0.1) is 5.10 Å². The number of anilines is 1. The lowest BCUT2D eigenvalue weighted by Gasteiger charge is -2.27. The number of H-pyrrole nitrogens is 1. The van der Waals surface area contributed by atoms with Crippen LogP contribution in [0.1, 0.15) is 38.1 Å². The molecule has 0 aliphatic carbocycles. The maximum atomic E-state index is 13.0. The number of nitrogens with zero attached hydrogens (tertiary/aromatic N) is 3. The number of aryl methyl sites for hydroxylation is 1. The Kier molecular flexibility index (Phi) is 7.17. The zero-order valence-corrected chi connectivity index (χ0v) is 19.1. The van der Waals surface area contributed by atoms with Crippen LogP contribution >= 0.6 is 11.8 Å². The van der Waals surface area contributed by atoms with Gasteiger partial charge in [0.05, 0.1) is 23.4 Å². The molecule has 0 radical (unpaired) electrons. The number of benzene rings is 1. The van der Waals surface area contributed by atoms with Crippen molar-refractivity contribution in [3.05, 3.63) is 29.6 Å². The van der Waals surface area contributed by atoms with Crippen LogP contribution in [0.2, 0.25) is 0 Å². The van der Waals surface area contributed by atoms with Gasteiger partial charge in [0, 0.05) is 24.7 Å². The number of nitrogens with one attached hydrogen (secondary N) is 2. The Hall–Kier alpha value is -1.95. The van der Waals surface area contributed by atoms with Crippen molar-refractivity contribution in [1.82, 2.24) is 19.5 Å². The minimum atomic E-state index is -3.65. The van der Waals surface area contributed by atoms with Gasteiger partial charge in [-0.1, -0.05) is 31.7 Å². The highest BCUT2D eigenvalue weighted by Gasteiger charge is 2.28. The van der Waals surface area contributed by atoms with Crippen LogP contribution in [-0.2, 0) is 19.6 Å². The summed E-state index contributed by atoms with van der Waals surface area (Å²) in [6.45, 7) is 8.91. The lowest BCUT2D eigenvalue weighted by molar-refractivity contribution is -0.115. The molecule has 0 saturated carbocycles. The summed E-state index contributed by atoms with van der Waals surface area (Å²) in [5.74, 6) is 0.728. The van der Waals surface area contributed by atoms with E-state index < -0.39 is 15.3 Å². The number of hydrogen-bond donors (Lipinski definition) is 2. The summed E-state index contributed by atoms with van der Waals surface area (Å²) in [5.41, 5.74) is 1.06. The summed E-state index contributed by atoms with van der Waals surface area (Å²) in [4.78, 5) is 17.2. The Morgan fingerprint density at radius 1 is 1.27 bits per heavy atom. The highest BCUT2D eigenvalue weighted by Crippen LogP contribution is 2.26. The summed E-state index contributed by atoms with van der Waals surface area (Å²) < 4.78 is 32.7. The molecule has 2 aromatic rings. The van der Waals surface area contributed by atoms with Crippen LogP contribution in [0.3, 0.4) is 0 Å². The summed E-state index contributed by atoms with van der Waals surface area (Å²) in [5, 5.41) is 9.84. The molecule has 0 bridgehead atoms. The normalized spacial score (nSPS) is 16.6. The van der Waals surface area contributed by atoms with Crippen LogP contribution in [0.5, 0.6) is 0 Å². The van der Waals surface area contributed by atoms with Gasteiger partial charge in [0.25, 0.3) is 0 Å². The Bertz CT molecular complexity index is 1000. The van der Waals surface area contributed by atoms with E-state index in [2.05, 4.69) is 20.5 Å². The van der Waals surface area contributed by atoms with E-state index >= 15 is 0 Å². The second-order valence-corrected chi connectivity index (χ2v) is 10.6.